The van der Waals surface area contributed by atoms with Crippen LogP contribution in [0.2, 0.25) is 0 Å². The minimum atomic E-state index is 0.0166. The van der Waals surface area contributed by atoms with Gasteiger partial charge >= 0.3 is 0 Å². The van der Waals surface area contributed by atoms with Crippen LogP contribution in [-0.2, 0) is 13.2 Å². The summed E-state index contributed by atoms with van der Waals surface area (Å²) in [7, 11) is 0. The van der Waals surface area contributed by atoms with Crippen LogP contribution >= 0.6 is 0 Å². The second kappa shape index (κ2) is 4.63. The van der Waals surface area contributed by atoms with E-state index < -0.39 is 0 Å². The topological polar surface area (TPSA) is 58.3 Å². The first-order valence-electron chi connectivity index (χ1n) is 5.40. The quantitative estimate of drug-likeness (QED) is 0.812. The van der Waals surface area contributed by atoms with Crippen LogP contribution in [0.3, 0.4) is 0 Å². The maximum Gasteiger partial charge on any atom is 0.140 e. The fourth-order valence-electron chi connectivity index (χ4n) is 1.85. The number of rotatable bonds is 4. The molecule has 4 heteroatoms. The number of hydrogen-bond acceptors (Lipinski definition) is 3. The largest absolute Gasteiger partial charge is 0.396 e. The van der Waals surface area contributed by atoms with Gasteiger partial charge in [-0.05, 0) is 18.1 Å². The van der Waals surface area contributed by atoms with Crippen LogP contribution in [0, 0.1) is 5.92 Å². The first kappa shape index (κ1) is 11.1. The van der Waals surface area contributed by atoms with E-state index in [9.17, 15) is 5.11 Å². The molecule has 0 aliphatic rings. The Hall–Kier alpha value is -1.39. The Kier molecular flexibility index (Phi) is 3.22. The number of nitrogens with zero attached hydrogens (tertiary/aromatic N) is 2. The summed E-state index contributed by atoms with van der Waals surface area (Å²) in [6, 6.07) is 3.81. The lowest BCUT2D eigenvalue weighted by Crippen LogP contribution is -2.10. The van der Waals surface area contributed by atoms with Gasteiger partial charge in [-0.15, -0.1) is 0 Å². The van der Waals surface area contributed by atoms with Gasteiger partial charge in [0, 0.05) is 36.5 Å². The molecule has 16 heavy (non-hydrogen) atoms. The van der Waals surface area contributed by atoms with E-state index in [-0.39, 0.29) is 19.1 Å². The van der Waals surface area contributed by atoms with Gasteiger partial charge in [-0.1, -0.05) is 6.92 Å². The van der Waals surface area contributed by atoms with Gasteiger partial charge in [-0.25, -0.2) is 4.98 Å². The van der Waals surface area contributed by atoms with Crippen molar-refractivity contribution in [2.24, 2.45) is 5.92 Å². The highest BCUT2D eigenvalue weighted by molar-refractivity contribution is 5.80. The molecule has 1 unspecified atom stereocenters. The van der Waals surface area contributed by atoms with Gasteiger partial charge in [0.05, 0.1) is 6.61 Å². The molecule has 0 fully saturated rings. The molecule has 0 aliphatic carbocycles. The van der Waals surface area contributed by atoms with Gasteiger partial charge in [0.1, 0.15) is 5.65 Å². The van der Waals surface area contributed by atoms with Crippen LogP contribution in [0.25, 0.3) is 11.0 Å². The lowest BCUT2D eigenvalue weighted by atomic mass is 10.2. The summed E-state index contributed by atoms with van der Waals surface area (Å²) in [6.07, 6.45) is 3.65. The average molecular weight is 220 g/mol. The highest BCUT2D eigenvalue weighted by Gasteiger charge is 2.10. The molecule has 2 rings (SSSR count). The molecule has 2 N–H and O–H groups in total. The molecule has 2 heterocycles. The van der Waals surface area contributed by atoms with Crippen LogP contribution in [0.5, 0.6) is 0 Å². The zero-order valence-electron chi connectivity index (χ0n) is 9.30. The average Bonchev–Trinajstić information content (AvgIpc) is 2.68. The van der Waals surface area contributed by atoms with Gasteiger partial charge in [-0.2, -0.15) is 0 Å². The van der Waals surface area contributed by atoms with Crippen molar-refractivity contribution in [1.82, 2.24) is 9.55 Å². The maximum absolute atomic E-state index is 9.25. The third kappa shape index (κ3) is 1.94. The Morgan fingerprint density at radius 1 is 1.44 bits per heavy atom. The predicted molar refractivity (Wildman–Crippen MR) is 61.9 cm³/mol. The first-order chi connectivity index (χ1) is 7.76. The standard InChI is InChI=1S/C12H16N2O2/c1-9(7-15)5-14-6-10(8-16)11-3-2-4-13-12(11)14/h2-4,6,9,15-16H,5,7-8H2,1H3. The van der Waals surface area contributed by atoms with Crippen LogP contribution in [0.1, 0.15) is 12.5 Å². The molecule has 0 bridgehead atoms. The van der Waals surface area contributed by atoms with E-state index in [2.05, 4.69) is 4.98 Å². The second-order valence-corrected chi connectivity index (χ2v) is 4.13. The number of hydrogen-bond donors (Lipinski definition) is 2. The van der Waals surface area contributed by atoms with E-state index >= 15 is 0 Å². The van der Waals surface area contributed by atoms with Crippen molar-refractivity contribution in [1.29, 1.82) is 0 Å². The van der Waals surface area contributed by atoms with Gasteiger partial charge in [0.25, 0.3) is 0 Å². The molecule has 0 aromatic carbocycles. The fourth-order valence-corrected chi connectivity index (χ4v) is 1.85. The highest BCUT2D eigenvalue weighted by Crippen LogP contribution is 2.20. The Balaban J connectivity index is 2.45. The molecule has 0 saturated heterocycles. The predicted octanol–water partition coefficient (Wildman–Crippen LogP) is 1.16. The van der Waals surface area contributed by atoms with E-state index in [0.29, 0.717) is 6.54 Å². The summed E-state index contributed by atoms with van der Waals surface area (Å²) in [5.41, 5.74) is 1.75. The molecule has 2 aromatic rings. The molecular weight excluding hydrogens is 204 g/mol. The fraction of sp³-hybridized carbons (Fsp3) is 0.417. The van der Waals surface area contributed by atoms with Crippen molar-refractivity contribution in [2.75, 3.05) is 6.61 Å². The van der Waals surface area contributed by atoms with E-state index in [4.69, 9.17) is 5.11 Å². The molecule has 4 nitrogen and oxygen atoms in total. The van der Waals surface area contributed by atoms with Crippen molar-refractivity contribution >= 4 is 11.0 Å². The number of fused-ring (bicyclic) bond motifs is 1. The summed E-state index contributed by atoms with van der Waals surface area (Å²) in [6.45, 7) is 2.86. The van der Waals surface area contributed by atoms with Crippen molar-refractivity contribution < 1.29 is 10.2 Å². The summed E-state index contributed by atoms with van der Waals surface area (Å²) < 4.78 is 1.99. The smallest absolute Gasteiger partial charge is 0.140 e. The summed E-state index contributed by atoms with van der Waals surface area (Å²) in [5.74, 6) is 0.184. The van der Waals surface area contributed by atoms with E-state index in [1.54, 1.807) is 6.20 Å². The lowest BCUT2D eigenvalue weighted by Gasteiger charge is -2.09. The van der Waals surface area contributed by atoms with E-state index in [1.165, 1.54) is 0 Å². The molecule has 0 aliphatic heterocycles. The zero-order chi connectivity index (χ0) is 11.5. The molecule has 86 valence electrons. The number of aliphatic hydroxyl groups is 2. The summed E-state index contributed by atoms with van der Waals surface area (Å²) in [4.78, 5) is 4.31. The van der Waals surface area contributed by atoms with Crippen molar-refractivity contribution in [3.63, 3.8) is 0 Å². The molecule has 2 aromatic heterocycles. The molecule has 0 saturated carbocycles. The molecule has 0 radical (unpaired) electrons. The van der Waals surface area contributed by atoms with Crippen molar-refractivity contribution in [3.05, 3.63) is 30.1 Å². The van der Waals surface area contributed by atoms with Gasteiger partial charge < -0.3 is 14.8 Å². The Labute approximate surface area is 94.2 Å². The van der Waals surface area contributed by atoms with Crippen LogP contribution in [0.15, 0.2) is 24.5 Å². The molecule has 0 amide bonds. The number of pyridine rings is 1. The SMILES string of the molecule is CC(CO)Cn1cc(CO)c2cccnc21. The first-order valence-corrected chi connectivity index (χ1v) is 5.40. The van der Waals surface area contributed by atoms with Crippen molar-refractivity contribution in [3.8, 4) is 0 Å². The molecule has 1 atom stereocenters. The third-order valence-electron chi connectivity index (χ3n) is 2.71. The van der Waals surface area contributed by atoms with Gasteiger partial charge in [0.2, 0.25) is 0 Å². The van der Waals surface area contributed by atoms with Crippen molar-refractivity contribution in [2.45, 2.75) is 20.1 Å². The number of aromatic nitrogens is 2. The second-order valence-electron chi connectivity index (χ2n) is 4.13. The van der Waals surface area contributed by atoms with Gasteiger partial charge in [0.15, 0.2) is 0 Å². The Morgan fingerprint density at radius 2 is 2.25 bits per heavy atom. The Morgan fingerprint density at radius 3 is 2.94 bits per heavy atom. The normalized spacial score (nSPS) is 13.2. The van der Waals surface area contributed by atoms with Crippen LogP contribution < -0.4 is 0 Å². The van der Waals surface area contributed by atoms with E-state index in [1.807, 2.05) is 29.8 Å². The van der Waals surface area contributed by atoms with Crippen LogP contribution in [0.4, 0.5) is 0 Å². The molecular formula is C12H16N2O2. The zero-order valence-corrected chi connectivity index (χ0v) is 9.30. The summed E-state index contributed by atoms with van der Waals surface area (Å²) in [5, 5.41) is 19.3. The lowest BCUT2D eigenvalue weighted by molar-refractivity contribution is 0.223. The molecule has 0 spiro atoms. The Bertz CT molecular complexity index is 479. The minimum absolute atomic E-state index is 0.0166. The highest BCUT2D eigenvalue weighted by atomic mass is 16.3. The monoisotopic (exact) mass is 220 g/mol. The van der Waals surface area contributed by atoms with Crippen LogP contribution in [-0.4, -0.2) is 26.4 Å². The number of aliphatic hydroxyl groups excluding tert-OH is 2. The third-order valence-corrected chi connectivity index (χ3v) is 2.71. The minimum Gasteiger partial charge on any atom is -0.396 e. The van der Waals surface area contributed by atoms with E-state index in [0.717, 1.165) is 16.6 Å². The van der Waals surface area contributed by atoms with Gasteiger partial charge in [-0.3, -0.25) is 0 Å². The summed E-state index contributed by atoms with van der Waals surface area (Å²) >= 11 is 0. The maximum atomic E-state index is 9.25.